The molecule has 2 aliphatic carbocycles. The van der Waals surface area contributed by atoms with Gasteiger partial charge in [-0.05, 0) is 56.2 Å². The van der Waals surface area contributed by atoms with Crippen molar-refractivity contribution >= 4 is 21.9 Å². The number of methoxy groups -OCH3 is 1. The van der Waals surface area contributed by atoms with Gasteiger partial charge in [-0.1, -0.05) is 28.8 Å². The van der Waals surface area contributed by atoms with Crippen molar-refractivity contribution in [3.63, 3.8) is 0 Å². The van der Waals surface area contributed by atoms with Crippen LogP contribution in [0.3, 0.4) is 0 Å². The number of carboxylic acid groups (broad SMARTS) is 1. The van der Waals surface area contributed by atoms with Gasteiger partial charge in [-0.3, -0.25) is 4.79 Å². The minimum atomic E-state index is -0.808. The van der Waals surface area contributed by atoms with E-state index in [4.69, 9.17) is 9.47 Å². The number of aliphatic carboxylic acids is 1. The van der Waals surface area contributed by atoms with E-state index in [1.54, 1.807) is 7.11 Å². The van der Waals surface area contributed by atoms with Crippen LogP contribution in [0.15, 0.2) is 16.6 Å². The number of carbonyl (C=O) groups is 1. The third-order valence-corrected chi connectivity index (χ3v) is 5.89. The molecule has 2 fully saturated rings. The van der Waals surface area contributed by atoms with Crippen LogP contribution >= 0.6 is 15.9 Å². The van der Waals surface area contributed by atoms with Gasteiger partial charge in [0.15, 0.2) is 11.5 Å². The van der Waals surface area contributed by atoms with Gasteiger partial charge >= 0.3 is 5.97 Å². The highest BCUT2D eigenvalue weighted by atomic mass is 79.9. The first kappa shape index (κ1) is 16.6. The Bertz CT molecular complexity index is 587. The molecular formula is C18H23BrO4. The first-order valence-electron chi connectivity index (χ1n) is 8.35. The van der Waals surface area contributed by atoms with Crippen LogP contribution in [0.4, 0.5) is 0 Å². The van der Waals surface area contributed by atoms with Gasteiger partial charge in [0.1, 0.15) is 0 Å². The van der Waals surface area contributed by atoms with Crippen LogP contribution in [0.1, 0.15) is 56.9 Å². The number of halogens is 1. The van der Waals surface area contributed by atoms with Crippen LogP contribution in [-0.2, 0) is 10.2 Å². The maximum atomic E-state index is 11.9. The van der Waals surface area contributed by atoms with E-state index >= 15 is 0 Å². The summed E-state index contributed by atoms with van der Waals surface area (Å²) in [6.45, 7) is 0. The summed E-state index contributed by atoms with van der Waals surface area (Å²) in [6, 6.07) is 3.74. The van der Waals surface area contributed by atoms with Gasteiger partial charge in [-0.2, -0.15) is 0 Å². The highest BCUT2D eigenvalue weighted by Gasteiger charge is 2.44. The molecule has 126 valence electrons. The van der Waals surface area contributed by atoms with Crippen LogP contribution in [0.2, 0.25) is 0 Å². The van der Waals surface area contributed by atoms with Crippen molar-refractivity contribution in [1.82, 2.24) is 0 Å². The minimum Gasteiger partial charge on any atom is -0.493 e. The summed E-state index contributed by atoms with van der Waals surface area (Å²) in [5.74, 6) is 0.582. The number of hydrogen-bond acceptors (Lipinski definition) is 3. The number of benzene rings is 1. The highest BCUT2D eigenvalue weighted by Crippen LogP contribution is 2.47. The highest BCUT2D eigenvalue weighted by molar-refractivity contribution is 9.10. The van der Waals surface area contributed by atoms with E-state index in [2.05, 4.69) is 15.9 Å². The zero-order valence-electron chi connectivity index (χ0n) is 13.4. The van der Waals surface area contributed by atoms with Crippen molar-refractivity contribution in [1.29, 1.82) is 0 Å². The SMILES string of the molecule is COc1cc(C2(C(=O)O)CCCC2)c(Br)cc1OC1CCCC1. The Kier molecular flexibility index (Phi) is 4.85. The molecule has 5 heteroatoms. The minimum absolute atomic E-state index is 0.238. The lowest BCUT2D eigenvalue weighted by molar-refractivity contribution is -0.143. The maximum absolute atomic E-state index is 11.9. The Labute approximate surface area is 145 Å². The van der Waals surface area contributed by atoms with E-state index in [9.17, 15) is 9.90 Å². The molecule has 0 heterocycles. The smallest absolute Gasteiger partial charge is 0.314 e. The van der Waals surface area contributed by atoms with Gasteiger partial charge in [0, 0.05) is 4.47 Å². The monoisotopic (exact) mass is 382 g/mol. The second-order valence-electron chi connectivity index (χ2n) is 6.60. The molecule has 0 saturated heterocycles. The van der Waals surface area contributed by atoms with E-state index in [1.807, 2.05) is 12.1 Å². The molecule has 4 nitrogen and oxygen atoms in total. The van der Waals surface area contributed by atoms with Crippen molar-refractivity contribution in [2.75, 3.05) is 7.11 Å². The first-order chi connectivity index (χ1) is 11.1. The van der Waals surface area contributed by atoms with Crippen molar-refractivity contribution in [2.45, 2.75) is 62.9 Å². The fraction of sp³-hybridized carbons (Fsp3) is 0.611. The molecule has 2 saturated carbocycles. The normalized spacial score (nSPS) is 20.6. The Morgan fingerprint density at radius 1 is 1.17 bits per heavy atom. The van der Waals surface area contributed by atoms with Crippen LogP contribution in [0.25, 0.3) is 0 Å². The molecule has 0 amide bonds. The van der Waals surface area contributed by atoms with E-state index in [0.717, 1.165) is 35.7 Å². The predicted molar refractivity (Wildman–Crippen MR) is 91.4 cm³/mol. The van der Waals surface area contributed by atoms with Gasteiger partial charge in [-0.25, -0.2) is 0 Å². The molecule has 0 aliphatic heterocycles. The first-order valence-corrected chi connectivity index (χ1v) is 9.14. The number of carboxylic acids is 1. The molecule has 1 N–H and O–H groups in total. The van der Waals surface area contributed by atoms with E-state index < -0.39 is 11.4 Å². The average Bonchev–Trinajstić information content (AvgIpc) is 3.19. The summed E-state index contributed by atoms with van der Waals surface area (Å²) >= 11 is 3.57. The fourth-order valence-electron chi connectivity index (χ4n) is 3.92. The standard InChI is InChI=1S/C18H23BrO4/c1-22-15-10-13(18(17(20)21)8-4-5-9-18)14(19)11-16(15)23-12-6-2-3-7-12/h10-12H,2-9H2,1H3,(H,20,21). The van der Waals surface area contributed by atoms with E-state index in [0.29, 0.717) is 24.3 Å². The van der Waals surface area contributed by atoms with Gasteiger partial charge in [0.05, 0.1) is 18.6 Å². The molecule has 1 aromatic carbocycles. The summed E-state index contributed by atoms with van der Waals surface area (Å²) in [6.07, 6.45) is 8.02. The summed E-state index contributed by atoms with van der Waals surface area (Å²) in [5.41, 5.74) is -0.00372. The lowest BCUT2D eigenvalue weighted by atomic mass is 9.79. The lowest BCUT2D eigenvalue weighted by Gasteiger charge is -2.27. The van der Waals surface area contributed by atoms with E-state index in [-0.39, 0.29) is 6.10 Å². The topological polar surface area (TPSA) is 55.8 Å². The maximum Gasteiger partial charge on any atom is 0.314 e. The molecule has 0 radical (unpaired) electrons. The summed E-state index contributed by atoms with van der Waals surface area (Å²) < 4.78 is 12.4. The van der Waals surface area contributed by atoms with Gasteiger partial charge in [0.2, 0.25) is 0 Å². The molecule has 0 bridgehead atoms. The van der Waals surface area contributed by atoms with Crippen molar-refractivity contribution in [2.24, 2.45) is 0 Å². The molecule has 0 spiro atoms. The fourth-order valence-corrected chi connectivity index (χ4v) is 4.62. The Hall–Kier alpha value is -1.23. The molecule has 0 aromatic heterocycles. The summed E-state index contributed by atoms with van der Waals surface area (Å²) in [5, 5.41) is 9.81. The van der Waals surface area contributed by atoms with Crippen molar-refractivity contribution < 1.29 is 19.4 Å². The Morgan fingerprint density at radius 3 is 2.39 bits per heavy atom. The van der Waals surface area contributed by atoms with Crippen LogP contribution in [-0.4, -0.2) is 24.3 Å². The molecular weight excluding hydrogens is 360 g/mol. The third-order valence-electron chi connectivity index (χ3n) is 5.23. The number of rotatable bonds is 5. The zero-order valence-corrected chi connectivity index (χ0v) is 15.0. The third kappa shape index (κ3) is 3.08. The predicted octanol–water partition coefficient (Wildman–Crippen LogP) is 4.68. The van der Waals surface area contributed by atoms with Crippen LogP contribution < -0.4 is 9.47 Å². The second-order valence-corrected chi connectivity index (χ2v) is 7.46. The second kappa shape index (κ2) is 6.71. The molecule has 23 heavy (non-hydrogen) atoms. The Balaban J connectivity index is 1.97. The summed E-state index contributed by atoms with van der Waals surface area (Å²) in [4.78, 5) is 11.9. The van der Waals surface area contributed by atoms with Gasteiger partial charge < -0.3 is 14.6 Å². The van der Waals surface area contributed by atoms with Crippen LogP contribution in [0.5, 0.6) is 11.5 Å². The van der Waals surface area contributed by atoms with E-state index in [1.165, 1.54) is 12.8 Å². The van der Waals surface area contributed by atoms with Crippen molar-refractivity contribution in [3.05, 3.63) is 22.2 Å². The molecule has 3 rings (SSSR count). The largest absolute Gasteiger partial charge is 0.493 e. The lowest BCUT2D eigenvalue weighted by Crippen LogP contribution is -2.33. The van der Waals surface area contributed by atoms with Gasteiger partial charge in [-0.15, -0.1) is 0 Å². The summed E-state index contributed by atoms with van der Waals surface area (Å²) in [7, 11) is 1.61. The van der Waals surface area contributed by atoms with Gasteiger partial charge in [0.25, 0.3) is 0 Å². The number of hydrogen-bond donors (Lipinski definition) is 1. The molecule has 1 aromatic rings. The van der Waals surface area contributed by atoms with Crippen molar-refractivity contribution in [3.8, 4) is 11.5 Å². The molecule has 2 aliphatic rings. The number of ether oxygens (including phenoxy) is 2. The Morgan fingerprint density at radius 2 is 1.83 bits per heavy atom. The quantitative estimate of drug-likeness (QED) is 0.803. The zero-order chi connectivity index (χ0) is 16.4. The van der Waals surface area contributed by atoms with Crippen LogP contribution in [0, 0.1) is 0 Å². The average molecular weight is 383 g/mol. The molecule has 0 unspecified atom stereocenters. The molecule has 0 atom stereocenters.